The summed E-state index contributed by atoms with van der Waals surface area (Å²) in [6, 6.07) is 12.8. The Hall–Kier alpha value is -0.800. The Morgan fingerprint density at radius 2 is 1.56 bits per heavy atom. The first-order valence-corrected chi connectivity index (χ1v) is 7.39. The summed E-state index contributed by atoms with van der Waals surface area (Å²) < 4.78 is 2.17. The summed E-state index contributed by atoms with van der Waals surface area (Å²) in [7, 11) is 0. The highest BCUT2D eigenvalue weighted by Gasteiger charge is 2.00. The number of aryl methyl sites for hydroxylation is 2. The van der Waals surface area contributed by atoms with Gasteiger partial charge in [0.25, 0.3) is 0 Å². The monoisotopic (exact) mass is 367 g/mol. The van der Waals surface area contributed by atoms with Gasteiger partial charge in [0.05, 0.1) is 0 Å². The van der Waals surface area contributed by atoms with E-state index in [1.54, 1.807) is 0 Å². The first kappa shape index (κ1) is 13.6. The quantitative estimate of drug-likeness (QED) is 0.760. The molecule has 0 heterocycles. The molecule has 2 aromatic carbocycles. The molecule has 0 aliphatic heterocycles. The van der Waals surface area contributed by atoms with E-state index in [1.807, 2.05) is 0 Å². The fourth-order valence-electron chi connectivity index (χ4n) is 1.93. The Balaban J connectivity index is 2.08. The van der Waals surface area contributed by atoms with Gasteiger partial charge in [0, 0.05) is 21.2 Å². The molecule has 1 N–H and O–H groups in total. The molecule has 0 radical (unpaired) electrons. The molecule has 0 fully saturated rings. The van der Waals surface area contributed by atoms with Gasteiger partial charge >= 0.3 is 0 Å². The lowest BCUT2D eigenvalue weighted by Crippen LogP contribution is -2.00. The van der Waals surface area contributed by atoms with Crippen molar-refractivity contribution >= 4 is 37.5 Å². The molecule has 0 bridgehead atoms. The minimum atomic E-state index is 0.828. The predicted molar refractivity (Wildman–Crippen MR) is 85.1 cm³/mol. The molecule has 0 saturated heterocycles. The van der Waals surface area contributed by atoms with Crippen LogP contribution in [0, 0.1) is 13.8 Å². The van der Waals surface area contributed by atoms with Gasteiger partial charge < -0.3 is 5.32 Å². The van der Waals surface area contributed by atoms with Gasteiger partial charge in [0.15, 0.2) is 0 Å². The van der Waals surface area contributed by atoms with Crippen LogP contribution in [-0.4, -0.2) is 0 Å². The van der Waals surface area contributed by atoms with Gasteiger partial charge in [-0.1, -0.05) is 12.1 Å². The van der Waals surface area contributed by atoms with Crippen molar-refractivity contribution in [3.05, 3.63) is 62.0 Å². The first-order valence-electron chi connectivity index (χ1n) is 5.81. The third-order valence-corrected chi connectivity index (χ3v) is 4.58. The fraction of sp³-hybridized carbons (Fsp3) is 0.200. The number of hydrogen-bond donors (Lipinski definition) is 1. The van der Waals surface area contributed by atoms with Crippen molar-refractivity contribution in [1.82, 2.24) is 0 Å². The second-order valence-corrected chi connectivity index (χ2v) is 6.19. The molecular formula is C15H15Br2N. The van der Waals surface area contributed by atoms with Crippen LogP contribution in [0.1, 0.15) is 16.7 Å². The number of nitrogens with one attached hydrogen (secondary N) is 1. The van der Waals surface area contributed by atoms with E-state index >= 15 is 0 Å². The van der Waals surface area contributed by atoms with E-state index < -0.39 is 0 Å². The Bertz CT molecular complexity index is 544. The highest BCUT2D eigenvalue weighted by Crippen LogP contribution is 2.24. The van der Waals surface area contributed by atoms with Crippen LogP contribution in [0.25, 0.3) is 0 Å². The van der Waals surface area contributed by atoms with Gasteiger partial charge in [-0.25, -0.2) is 0 Å². The zero-order valence-corrected chi connectivity index (χ0v) is 13.6. The minimum Gasteiger partial charge on any atom is -0.381 e. The number of anilines is 1. The van der Waals surface area contributed by atoms with Crippen LogP contribution in [0.2, 0.25) is 0 Å². The maximum atomic E-state index is 3.52. The standard InChI is InChI=1S/C15H15Br2N/c1-10-5-11(2)7-13(6-10)18-9-12-3-4-14(16)15(17)8-12/h3-8,18H,9H2,1-2H3. The van der Waals surface area contributed by atoms with Crippen molar-refractivity contribution in [3.63, 3.8) is 0 Å². The van der Waals surface area contributed by atoms with Gasteiger partial charge in [-0.15, -0.1) is 0 Å². The maximum Gasteiger partial charge on any atom is 0.0401 e. The lowest BCUT2D eigenvalue weighted by Gasteiger charge is -2.09. The fourth-order valence-corrected chi connectivity index (χ4v) is 2.60. The highest BCUT2D eigenvalue weighted by atomic mass is 79.9. The van der Waals surface area contributed by atoms with Gasteiger partial charge in [0.1, 0.15) is 0 Å². The number of halogens is 2. The normalized spacial score (nSPS) is 10.4. The molecular weight excluding hydrogens is 354 g/mol. The Morgan fingerprint density at radius 3 is 2.17 bits per heavy atom. The van der Waals surface area contributed by atoms with Gasteiger partial charge in [-0.05, 0) is 86.7 Å². The number of benzene rings is 2. The van der Waals surface area contributed by atoms with Crippen molar-refractivity contribution in [3.8, 4) is 0 Å². The van der Waals surface area contributed by atoms with E-state index in [0.29, 0.717) is 0 Å². The molecule has 0 saturated carbocycles. The molecule has 0 atom stereocenters. The summed E-state index contributed by atoms with van der Waals surface area (Å²) in [4.78, 5) is 0. The first-order chi connectivity index (χ1) is 8.54. The molecule has 2 rings (SSSR count). The van der Waals surface area contributed by atoms with Crippen LogP contribution < -0.4 is 5.32 Å². The van der Waals surface area contributed by atoms with Crippen LogP contribution in [0.3, 0.4) is 0 Å². The number of rotatable bonds is 3. The van der Waals surface area contributed by atoms with E-state index in [2.05, 4.69) is 87.4 Å². The van der Waals surface area contributed by atoms with Crippen molar-refractivity contribution in [2.24, 2.45) is 0 Å². The highest BCUT2D eigenvalue weighted by molar-refractivity contribution is 9.13. The third-order valence-electron chi connectivity index (χ3n) is 2.70. The molecule has 1 nitrogen and oxygen atoms in total. The van der Waals surface area contributed by atoms with Gasteiger partial charge in [-0.2, -0.15) is 0 Å². The maximum absolute atomic E-state index is 3.52. The van der Waals surface area contributed by atoms with Crippen molar-refractivity contribution in [2.75, 3.05) is 5.32 Å². The molecule has 0 aliphatic rings. The lowest BCUT2D eigenvalue weighted by atomic mass is 10.1. The SMILES string of the molecule is Cc1cc(C)cc(NCc2ccc(Br)c(Br)c2)c1. The van der Waals surface area contributed by atoms with Crippen LogP contribution in [0.4, 0.5) is 5.69 Å². The smallest absolute Gasteiger partial charge is 0.0401 e. The molecule has 18 heavy (non-hydrogen) atoms. The van der Waals surface area contributed by atoms with Crippen LogP contribution in [0.15, 0.2) is 45.3 Å². The van der Waals surface area contributed by atoms with Crippen molar-refractivity contribution in [1.29, 1.82) is 0 Å². The largest absolute Gasteiger partial charge is 0.381 e. The van der Waals surface area contributed by atoms with Crippen molar-refractivity contribution < 1.29 is 0 Å². The molecule has 2 aromatic rings. The average Bonchev–Trinajstić information content (AvgIpc) is 2.29. The van der Waals surface area contributed by atoms with Crippen LogP contribution in [-0.2, 0) is 6.54 Å². The molecule has 0 amide bonds. The van der Waals surface area contributed by atoms with Crippen molar-refractivity contribution in [2.45, 2.75) is 20.4 Å². The zero-order chi connectivity index (χ0) is 13.1. The van der Waals surface area contributed by atoms with E-state index in [0.717, 1.165) is 15.5 Å². The third kappa shape index (κ3) is 3.59. The summed E-state index contributed by atoms with van der Waals surface area (Å²) in [5, 5.41) is 3.45. The molecule has 0 unspecified atom stereocenters. The predicted octanol–water partition coefficient (Wildman–Crippen LogP) is 5.44. The summed E-state index contributed by atoms with van der Waals surface area (Å²) in [6.07, 6.45) is 0. The summed E-state index contributed by atoms with van der Waals surface area (Å²) >= 11 is 7.00. The van der Waals surface area contributed by atoms with Gasteiger partial charge in [-0.3, -0.25) is 0 Å². The Labute approximate surface area is 125 Å². The zero-order valence-electron chi connectivity index (χ0n) is 10.4. The van der Waals surface area contributed by atoms with E-state index in [4.69, 9.17) is 0 Å². The lowest BCUT2D eigenvalue weighted by molar-refractivity contribution is 1.14. The average molecular weight is 369 g/mol. The molecule has 0 aliphatic carbocycles. The summed E-state index contributed by atoms with van der Waals surface area (Å²) in [5.74, 6) is 0. The molecule has 3 heteroatoms. The molecule has 94 valence electrons. The summed E-state index contributed by atoms with van der Waals surface area (Å²) in [5.41, 5.74) is 5.00. The second-order valence-electron chi connectivity index (χ2n) is 4.48. The van der Waals surface area contributed by atoms with Gasteiger partial charge in [0.2, 0.25) is 0 Å². The number of hydrogen-bond acceptors (Lipinski definition) is 1. The molecule has 0 spiro atoms. The van der Waals surface area contributed by atoms with E-state index in [9.17, 15) is 0 Å². The Kier molecular flexibility index (Phi) is 4.46. The second kappa shape index (κ2) is 5.89. The topological polar surface area (TPSA) is 12.0 Å². The minimum absolute atomic E-state index is 0.828. The molecule has 0 aromatic heterocycles. The van der Waals surface area contributed by atoms with Crippen LogP contribution in [0.5, 0.6) is 0 Å². The van der Waals surface area contributed by atoms with Crippen LogP contribution >= 0.6 is 31.9 Å². The Morgan fingerprint density at radius 1 is 0.889 bits per heavy atom. The summed E-state index contributed by atoms with van der Waals surface area (Å²) in [6.45, 7) is 5.07. The van der Waals surface area contributed by atoms with E-state index in [1.165, 1.54) is 22.4 Å². The van der Waals surface area contributed by atoms with E-state index in [-0.39, 0.29) is 0 Å².